The maximum atomic E-state index is 8.46. The number of rotatable bonds is 0. The van der Waals surface area contributed by atoms with Gasteiger partial charge in [-0.25, -0.2) is 0 Å². The molecule has 5 nitrogen and oxygen atoms in total. The van der Waals surface area contributed by atoms with E-state index in [1.165, 1.54) is 0 Å². The molecule has 0 heterocycles. The first-order valence-electron chi connectivity index (χ1n) is 1.59. The van der Waals surface area contributed by atoms with Crippen LogP contribution in [0.4, 0.5) is 0 Å². The molecule has 0 aromatic heterocycles. The summed E-state index contributed by atoms with van der Waals surface area (Å²) in [6.07, 6.45) is 0. The molecule has 0 aliphatic heterocycles. The van der Waals surface area contributed by atoms with E-state index in [2.05, 4.69) is 19.5 Å². The molecule has 0 saturated heterocycles. The minimum atomic E-state index is -1.75. The Kier molecular flexibility index (Phi) is 64.4. The zero-order chi connectivity index (χ0) is 8.12. The van der Waals surface area contributed by atoms with Crippen molar-refractivity contribution in [3.05, 3.63) is 0 Å². The molecule has 0 aromatic rings. The molecule has 0 aromatic carbocycles. The van der Waals surface area contributed by atoms with Gasteiger partial charge in [-0.15, -0.1) is 0 Å². The monoisotopic (exact) mass is 190 g/mol. The second-order valence-corrected chi connectivity index (χ2v) is 2.70. The molecule has 0 bridgehead atoms. The fourth-order valence-electron chi connectivity index (χ4n) is 0. The van der Waals surface area contributed by atoms with Gasteiger partial charge in [0, 0.05) is 0 Å². The molecule has 0 aliphatic carbocycles. The Hall–Kier alpha value is 1.29. The third kappa shape index (κ3) is 297. The van der Waals surface area contributed by atoms with Crippen molar-refractivity contribution in [1.82, 2.24) is 0 Å². The SMILES string of the molecule is [Al+2][O][AlH2].[O]=[Al][O-].[O]=[Al][O-]. The van der Waals surface area contributed by atoms with Crippen molar-refractivity contribution in [2.24, 2.45) is 0 Å². The van der Waals surface area contributed by atoms with Gasteiger partial charge in [-0.3, -0.25) is 0 Å². The molecule has 9 heteroatoms. The summed E-state index contributed by atoms with van der Waals surface area (Å²) >= 11 is -0.528. The Morgan fingerprint density at radius 3 is 1.33 bits per heavy atom. The summed E-state index contributed by atoms with van der Waals surface area (Å²) in [5, 5.41) is 0. The van der Waals surface area contributed by atoms with Gasteiger partial charge in [0.1, 0.15) is 0 Å². The summed E-state index contributed by atoms with van der Waals surface area (Å²) in [7, 11) is 0. The Labute approximate surface area is 82.4 Å². The van der Waals surface area contributed by atoms with Gasteiger partial charge in [0.2, 0.25) is 0 Å². The van der Waals surface area contributed by atoms with Crippen molar-refractivity contribution in [1.29, 1.82) is 0 Å². The van der Waals surface area contributed by atoms with E-state index in [0.717, 1.165) is 16.6 Å². The maximum absolute atomic E-state index is 8.46. The number of hydrogen-bond donors (Lipinski definition) is 0. The molecule has 0 fully saturated rings. The van der Waals surface area contributed by atoms with E-state index in [0.29, 0.717) is 0 Å². The van der Waals surface area contributed by atoms with Crippen LogP contribution in [-0.4, -0.2) is 64.2 Å². The van der Waals surface area contributed by atoms with Crippen molar-refractivity contribution < 1.29 is 18.8 Å². The molecule has 9 heavy (non-hydrogen) atoms. The fraction of sp³-hybridized carbons (Fsp3) is 0. The molecular formula is H2Al4O5. The first kappa shape index (κ1) is 16.7. The zero-order valence-corrected chi connectivity index (χ0v) is 10.2. The van der Waals surface area contributed by atoms with Crippen molar-refractivity contribution in [2.75, 3.05) is 0 Å². The van der Waals surface area contributed by atoms with Gasteiger partial charge in [-0.05, 0) is 0 Å². The Morgan fingerprint density at radius 2 is 1.33 bits per heavy atom. The van der Waals surface area contributed by atoms with Crippen LogP contribution in [0.2, 0.25) is 0 Å². The van der Waals surface area contributed by atoms with Crippen molar-refractivity contribution in [3.63, 3.8) is 0 Å². The van der Waals surface area contributed by atoms with Gasteiger partial charge in [0.05, 0.1) is 0 Å². The van der Waals surface area contributed by atoms with Crippen LogP contribution in [0.1, 0.15) is 0 Å². The third-order valence-corrected chi connectivity index (χ3v) is 0. The van der Waals surface area contributed by atoms with Crippen molar-refractivity contribution in [2.45, 2.75) is 0 Å². The van der Waals surface area contributed by atoms with E-state index in [1.54, 1.807) is 0 Å². The van der Waals surface area contributed by atoms with Crippen LogP contribution in [-0.2, 0) is 10.4 Å². The third-order valence-electron chi connectivity index (χ3n) is 0. The van der Waals surface area contributed by atoms with E-state index < -0.39 is 31.0 Å². The Balaban J connectivity index is -0.0000000600. The van der Waals surface area contributed by atoms with Gasteiger partial charge in [-0.1, -0.05) is 0 Å². The van der Waals surface area contributed by atoms with Crippen LogP contribution in [0.25, 0.3) is 0 Å². The second-order valence-electron chi connectivity index (χ2n) is 0.428. The van der Waals surface area contributed by atoms with Gasteiger partial charge < -0.3 is 0 Å². The van der Waals surface area contributed by atoms with Crippen LogP contribution >= 0.6 is 0 Å². The summed E-state index contributed by atoms with van der Waals surface area (Å²) in [5.41, 5.74) is 0. The standard InChI is InChI=1S/4Al.5O.2H/q;;;+2;;;;2*-1;;. The number of hydrogen-bond acceptors (Lipinski definition) is 5. The first-order chi connectivity index (χ1) is 4.24. The molecule has 0 aliphatic rings. The van der Waals surface area contributed by atoms with E-state index in [1.807, 2.05) is 0 Å². The van der Waals surface area contributed by atoms with Gasteiger partial charge in [0.25, 0.3) is 0 Å². The summed E-state index contributed by atoms with van der Waals surface area (Å²) < 4.78 is 38.1. The zero-order valence-electron chi connectivity index (χ0n) is 4.77. The van der Waals surface area contributed by atoms with E-state index in [-0.39, 0.29) is 0 Å². The summed E-state index contributed by atoms with van der Waals surface area (Å²) in [6.45, 7) is 0. The topological polar surface area (TPSA) is 89.5 Å². The van der Waals surface area contributed by atoms with E-state index >= 15 is 0 Å². The average Bonchev–Trinajstić information content (AvgIpc) is 1.70. The van der Waals surface area contributed by atoms with Crippen molar-refractivity contribution in [3.8, 4) is 0 Å². The van der Waals surface area contributed by atoms with Gasteiger partial charge in [-0.2, -0.15) is 0 Å². The molecule has 0 atom stereocenters. The molecule has 0 N–H and O–H groups in total. The molecule has 0 rings (SSSR count). The fourth-order valence-corrected chi connectivity index (χ4v) is 0. The van der Waals surface area contributed by atoms with Crippen LogP contribution in [0, 0.1) is 0 Å². The van der Waals surface area contributed by atoms with E-state index in [9.17, 15) is 0 Å². The quantitative estimate of drug-likeness (QED) is 0.358. The molecule has 0 spiro atoms. The first-order valence-corrected chi connectivity index (χ1v) is 4.76. The summed E-state index contributed by atoms with van der Waals surface area (Å²) in [5.74, 6) is 0. The average molecular weight is 190 g/mol. The predicted octanol–water partition coefficient (Wildman–Crippen LogP) is -4.74. The molecule has 0 unspecified atom stereocenters. The van der Waals surface area contributed by atoms with Crippen LogP contribution in [0.5, 0.6) is 0 Å². The van der Waals surface area contributed by atoms with Crippen LogP contribution in [0.3, 0.4) is 0 Å². The normalized spacial score (nSPS) is 3.78. The summed E-state index contributed by atoms with van der Waals surface area (Å²) in [6, 6.07) is 0. The minimum absolute atomic E-state index is 0.832. The summed E-state index contributed by atoms with van der Waals surface area (Å²) in [4.78, 5) is 0. The molecule has 0 amide bonds. The van der Waals surface area contributed by atoms with Gasteiger partial charge in [0.15, 0.2) is 0 Å². The predicted molar refractivity (Wildman–Crippen MR) is 28.3 cm³/mol. The molecule has 44 valence electrons. The Morgan fingerprint density at radius 1 is 1.33 bits per heavy atom. The van der Waals surface area contributed by atoms with Crippen molar-refractivity contribution >= 4 is 64.2 Å². The Bertz CT molecular complexity index is 38.2. The second kappa shape index (κ2) is 34.7. The van der Waals surface area contributed by atoms with Gasteiger partial charge >= 0.3 is 83.0 Å². The molecular weight excluding hydrogens is 188 g/mol. The van der Waals surface area contributed by atoms with Crippen LogP contribution < -0.4 is 8.32 Å². The molecule has 0 saturated carbocycles. The van der Waals surface area contributed by atoms with E-state index in [4.69, 9.17) is 15.9 Å². The van der Waals surface area contributed by atoms with Crippen LogP contribution in [0.15, 0.2) is 0 Å². The molecule has 0 radical (unpaired) electrons.